The standard InChI is InChI=1S/C23H24N2O4/c1-28-23(27)25-13-11-19(12-14-25)21-20(22(26)24-29-21)15-16-7-9-18(10-8-16)17-5-3-2-4-6-17/h2-10,19H,11-15H2,1H3,(H,24,26). The van der Waals surface area contributed by atoms with Gasteiger partial charge in [0.15, 0.2) is 0 Å². The fourth-order valence-electron chi connectivity index (χ4n) is 3.94. The molecule has 1 aliphatic rings. The highest BCUT2D eigenvalue weighted by atomic mass is 16.5. The summed E-state index contributed by atoms with van der Waals surface area (Å²) in [7, 11) is 1.39. The topological polar surface area (TPSA) is 75.5 Å². The van der Waals surface area contributed by atoms with Crippen molar-refractivity contribution in [3.8, 4) is 11.1 Å². The summed E-state index contributed by atoms with van der Waals surface area (Å²) in [5.74, 6) is 0.833. The Balaban J connectivity index is 1.48. The van der Waals surface area contributed by atoms with E-state index in [2.05, 4.69) is 41.6 Å². The summed E-state index contributed by atoms with van der Waals surface area (Å²) in [5.41, 5.74) is 3.87. The molecule has 0 saturated carbocycles. The first-order chi connectivity index (χ1) is 14.2. The molecule has 0 radical (unpaired) electrons. The molecule has 2 aromatic carbocycles. The Labute approximate surface area is 169 Å². The summed E-state index contributed by atoms with van der Waals surface area (Å²) < 4.78 is 10.3. The number of hydrogen-bond donors (Lipinski definition) is 1. The molecule has 4 rings (SSSR count). The van der Waals surface area contributed by atoms with Crippen LogP contribution in [0, 0.1) is 0 Å². The van der Waals surface area contributed by atoms with Gasteiger partial charge in [-0.05, 0) is 29.5 Å². The molecule has 1 aliphatic heterocycles. The highest BCUT2D eigenvalue weighted by Gasteiger charge is 2.29. The minimum Gasteiger partial charge on any atom is -0.453 e. The summed E-state index contributed by atoms with van der Waals surface area (Å²) >= 11 is 0. The lowest BCUT2D eigenvalue weighted by Gasteiger charge is -2.30. The molecule has 29 heavy (non-hydrogen) atoms. The average molecular weight is 392 g/mol. The molecule has 150 valence electrons. The Hall–Kier alpha value is -3.28. The fraction of sp³-hybridized carbons (Fsp3) is 0.304. The lowest BCUT2D eigenvalue weighted by Crippen LogP contribution is -2.37. The van der Waals surface area contributed by atoms with E-state index in [1.807, 2.05) is 18.2 Å². The molecule has 0 bridgehead atoms. The summed E-state index contributed by atoms with van der Waals surface area (Å²) in [6.07, 6.45) is 1.71. The van der Waals surface area contributed by atoms with Crippen molar-refractivity contribution in [1.29, 1.82) is 0 Å². The number of likely N-dealkylation sites (tertiary alicyclic amines) is 1. The lowest BCUT2D eigenvalue weighted by molar-refractivity contribution is 0.110. The molecular weight excluding hydrogens is 368 g/mol. The number of amides is 1. The number of benzene rings is 2. The number of hydrogen-bond acceptors (Lipinski definition) is 4. The van der Waals surface area contributed by atoms with Crippen LogP contribution in [0.1, 0.15) is 35.6 Å². The molecule has 0 unspecified atom stereocenters. The second-order valence-electron chi connectivity index (χ2n) is 7.35. The summed E-state index contributed by atoms with van der Waals surface area (Å²) in [4.78, 5) is 25.7. The van der Waals surface area contributed by atoms with E-state index in [1.54, 1.807) is 4.90 Å². The lowest BCUT2D eigenvalue weighted by atomic mass is 9.90. The van der Waals surface area contributed by atoms with E-state index < -0.39 is 0 Å². The molecule has 6 heteroatoms. The first kappa shape index (κ1) is 19.1. The number of aromatic amines is 1. The van der Waals surface area contributed by atoms with Crippen LogP contribution in [0.4, 0.5) is 4.79 Å². The number of carbonyl (C=O) groups excluding carboxylic acids is 1. The quantitative estimate of drug-likeness (QED) is 0.723. The number of rotatable bonds is 4. The van der Waals surface area contributed by atoms with Crippen LogP contribution in [0.5, 0.6) is 0 Å². The Morgan fingerprint density at radius 3 is 2.38 bits per heavy atom. The Bertz CT molecular complexity index is 1010. The van der Waals surface area contributed by atoms with E-state index in [1.165, 1.54) is 12.7 Å². The maximum absolute atomic E-state index is 12.4. The van der Waals surface area contributed by atoms with Crippen LogP contribution < -0.4 is 5.56 Å². The summed E-state index contributed by atoms with van der Waals surface area (Å²) in [5, 5.41) is 2.50. The maximum Gasteiger partial charge on any atom is 0.409 e. The van der Waals surface area contributed by atoms with Gasteiger partial charge in [-0.25, -0.2) is 4.79 Å². The maximum atomic E-state index is 12.4. The van der Waals surface area contributed by atoms with Crippen LogP contribution in [0.15, 0.2) is 63.9 Å². The van der Waals surface area contributed by atoms with Gasteiger partial charge in [-0.3, -0.25) is 4.79 Å². The van der Waals surface area contributed by atoms with Crippen LogP contribution in [-0.2, 0) is 11.2 Å². The van der Waals surface area contributed by atoms with Crippen molar-refractivity contribution in [1.82, 2.24) is 10.1 Å². The minimum atomic E-state index is -0.308. The highest BCUT2D eigenvalue weighted by molar-refractivity contribution is 5.67. The number of piperidine rings is 1. The van der Waals surface area contributed by atoms with E-state index in [-0.39, 0.29) is 17.6 Å². The van der Waals surface area contributed by atoms with Crippen molar-refractivity contribution in [2.24, 2.45) is 0 Å². The normalized spacial score (nSPS) is 14.7. The zero-order valence-electron chi connectivity index (χ0n) is 16.4. The van der Waals surface area contributed by atoms with Gasteiger partial charge in [0, 0.05) is 25.4 Å². The number of ether oxygens (including phenoxy) is 1. The number of nitrogens with zero attached hydrogens (tertiary/aromatic N) is 1. The van der Waals surface area contributed by atoms with E-state index in [4.69, 9.17) is 9.26 Å². The second-order valence-corrected chi connectivity index (χ2v) is 7.35. The highest BCUT2D eigenvalue weighted by Crippen LogP contribution is 2.30. The molecule has 1 fully saturated rings. The number of methoxy groups -OCH3 is 1. The number of aromatic nitrogens is 1. The minimum absolute atomic E-state index is 0.119. The second kappa shape index (κ2) is 8.39. The number of H-pyrrole nitrogens is 1. The van der Waals surface area contributed by atoms with Crippen LogP contribution in [0.25, 0.3) is 11.1 Å². The van der Waals surface area contributed by atoms with Crippen molar-refractivity contribution >= 4 is 6.09 Å². The fourth-order valence-corrected chi connectivity index (χ4v) is 3.94. The van der Waals surface area contributed by atoms with Gasteiger partial charge in [0.25, 0.3) is 5.56 Å². The van der Waals surface area contributed by atoms with Crippen molar-refractivity contribution in [2.45, 2.75) is 25.2 Å². The molecule has 0 spiro atoms. The van der Waals surface area contributed by atoms with Crippen LogP contribution in [0.3, 0.4) is 0 Å². The summed E-state index contributed by atoms with van der Waals surface area (Å²) in [6, 6.07) is 18.5. The van der Waals surface area contributed by atoms with Gasteiger partial charge in [0.2, 0.25) is 0 Å². The van der Waals surface area contributed by atoms with Crippen molar-refractivity contribution in [2.75, 3.05) is 20.2 Å². The van der Waals surface area contributed by atoms with Gasteiger partial charge in [-0.1, -0.05) is 54.6 Å². The Morgan fingerprint density at radius 2 is 1.72 bits per heavy atom. The molecule has 1 aromatic heterocycles. The first-order valence-electron chi connectivity index (χ1n) is 9.83. The van der Waals surface area contributed by atoms with Crippen LogP contribution >= 0.6 is 0 Å². The van der Waals surface area contributed by atoms with Gasteiger partial charge >= 0.3 is 6.09 Å². The molecule has 1 saturated heterocycles. The van der Waals surface area contributed by atoms with E-state index in [9.17, 15) is 9.59 Å². The molecule has 6 nitrogen and oxygen atoms in total. The monoisotopic (exact) mass is 392 g/mol. The predicted octanol–water partition coefficient (Wildman–Crippen LogP) is 4.17. The van der Waals surface area contributed by atoms with Gasteiger partial charge in [0.05, 0.1) is 12.7 Å². The molecule has 1 N–H and O–H groups in total. The Kier molecular flexibility index (Phi) is 5.51. The molecule has 1 amide bonds. The zero-order chi connectivity index (χ0) is 20.2. The predicted molar refractivity (Wildman–Crippen MR) is 110 cm³/mol. The number of carbonyl (C=O) groups is 1. The first-order valence-corrected chi connectivity index (χ1v) is 9.83. The average Bonchev–Trinajstić information content (AvgIpc) is 3.14. The third-order valence-corrected chi connectivity index (χ3v) is 5.57. The van der Waals surface area contributed by atoms with E-state index in [0.717, 1.165) is 24.0 Å². The smallest absolute Gasteiger partial charge is 0.409 e. The van der Waals surface area contributed by atoms with Gasteiger partial charge in [-0.15, -0.1) is 0 Å². The molecular formula is C23H24N2O4. The van der Waals surface area contributed by atoms with Crippen LogP contribution in [0.2, 0.25) is 0 Å². The zero-order valence-corrected chi connectivity index (χ0v) is 16.4. The van der Waals surface area contributed by atoms with Gasteiger partial charge < -0.3 is 14.2 Å². The Morgan fingerprint density at radius 1 is 1.07 bits per heavy atom. The van der Waals surface area contributed by atoms with Crippen molar-refractivity contribution in [3.63, 3.8) is 0 Å². The van der Waals surface area contributed by atoms with E-state index >= 15 is 0 Å². The molecule has 3 aromatic rings. The van der Waals surface area contributed by atoms with Gasteiger partial charge in [0.1, 0.15) is 5.76 Å². The summed E-state index contributed by atoms with van der Waals surface area (Å²) in [6.45, 7) is 1.19. The largest absolute Gasteiger partial charge is 0.453 e. The van der Waals surface area contributed by atoms with Gasteiger partial charge in [-0.2, -0.15) is 5.16 Å². The van der Waals surface area contributed by atoms with Crippen LogP contribution in [-0.4, -0.2) is 36.3 Å². The van der Waals surface area contributed by atoms with E-state index in [0.29, 0.717) is 30.8 Å². The third-order valence-electron chi connectivity index (χ3n) is 5.57. The molecule has 2 heterocycles. The third kappa shape index (κ3) is 4.11. The van der Waals surface area contributed by atoms with Crippen molar-refractivity contribution in [3.05, 3.63) is 81.8 Å². The molecule has 0 aliphatic carbocycles. The molecule has 0 atom stereocenters. The number of nitrogens with one attached hydrogen (secondary N) is 1. The van der Waals surface area contributed by atoms with Crippen molar-refractivity contribution < 1.29 is 14.1 Å². The SMILES string of the molecule is COC(=O)N1CCC(c2o[nH]c(=O)c2Cc2ccc(-c3ccccc3)cc2)CC1.